The predicted octanol–water partition coefficient (Wildman–Crippen LogP) is 7.01. The van der Waals surface area contributed by atoms with Gasteiger partial charge in [-0.3, -0.25) is 10.1 Å². The Balaban J connectivity index is 1.92. The van der Waals surface area contributed by atoms with Crippen LogP contribution in [0.25, 0.3) is 5.69 Å². The van der Waals surface area contributed by atoms with Crippen LogP contribution in [0.1, 0.15) is 43.4 Å². The maximum atomic E-state index is 13.4. The number of rotatable bonds is 6. The number of amides is 1. The maximum absolute atomic E-state index is 13.4. The molecule has 1 amide bonds. The number of carbonyl (C=O) groups is 2. The molecule has 2 fully saturated rings. The van der Waals surface area contributed by atoms with Crippen molar-refractivity contribution in [3.05, 3.63) is 33.4 Å². The fourth-order valence-corrected chi connectivity index (χ4v) is 5.29. The van der Waals surface area contributed by atoms with E-state index in [1.165, 1.54) is 0 Å². The second kappa shape index (κ2) is 7.87. The van der Waals surface area contributed by atoms with Gasteiger partial charge in [-0.15, -0.1) is 0 Å². The normalized spacial score (nSPS) is 18.8. The van der Waals surface area contributed by atoms with Crippen LogP contribution in [0.4, 0.5) is 30.0 Å². The minimum absolute atomic E-state index is 0.0264. The molecule has 4 rings (SSSR count). The van der Waals surface area contributed by atoms with Crippen LogP contribution in [-0.2, 0) is 19.7 Å². The molecule has 196 valence electrons. The summed E-state index contributed by atoms with van der Waals surface area (Å²) in [5, 5.41) is 14.3. The summed E-state index contributed by atoms with van der Waals surface area (Å²) in [5.74, 6) is -1.09. The highest BCUT2D eigenvalue weighted by atomic mass is 35.5. The van der Waals surface area contributed by atoms with Gasteiger partial charge >= 0.3 is 22.3 Å². The summed E-state index contributed by atoms with van der Waals surface area (Å²) in [7, 11) is -9.04. The molecule has 1 aromatic carbocycles. The zero-order valence-corrected chi connectivity index (χ0v) is 20.6. The van der Waals surface area contributed by atoms with E-state index in [2.05, 4.69) is 10.4 Å². The number of anilines is 1. The SMILES string of the molecule is COC(=O)C1(c2c(C#N)nn(-c3c(Cl)cc(S(F)(F)(F)(F)F)cc3Cl)c2NC(=O)OC2CCC2)CC1. The maximum Gasteiger partial charge on any atom is 0.413 e. The van der Waals surface area contributed by atoms with E-state index in [4.69, 9.17) is 32.7 Å². The third-order valence-electron chi connectivity index (χ3n) is 5.99. The average Bonchev–Trinajstić information content (AvgIpc) is 3.45. The molecule has 0 radical (unpaired) electrons. The largest absolute Gasteiger partial charge is 0.468 e. The predicted molar refractivity (Wildman–Crippen MR) is 120 cm³/mol. The fourth-order valence-electron chi connectivity index (χ4n) is 3.84. The van der Waals surface area contributed by atoms with E-state index in [0.717, 1.165) is 18.2 Å². The molecule has 16 heteroatoms. The molecular weight excluding hydrogens is 558 g/mol. The third-order valence-corrected chi connectivity index (χ3v) is 7.69. The molecule has 0 saturated heterocycles. The first kappa shape index (κ1) is 26.3. The number of benzene rings is 1. The molecule has 0 aliphatic heterocycles. The average molecular weight is 575 g/mol. The first-order valence-corrected chi connectivity index (χ1v) is 13.0. The van der Waals surface area contributed by atoms with Crippen molar-refractivity contribution < 1.29 is 38.5 Å². The number of hydrogen-bond donors (Lipinski definition) is 1. The van der Waals surface area contributed by atoms with Gasteiger partial charge in [-0.25, -0.2) is 9.48 Å². The van der Waals surface area contributed by atoms with Gasteiger partial charge in [0, 0.05) is 0 Å². The lowest BCUT2D eigenvalue weighted by Crippen LogP contribution is -2.30. The van der Waals surface area contributed by atoms with E-state index in [1.807, 2.05) is 0 Å². The van der Waals surface area contributed by atoms with Crippen molar-refractivity contribution in [3.63, 3.8) is 0 Å². The number of esters is 1. The molecule has 0 unspecified atom stereocenters. The highest BCUT2D eigenvalue weighted by molar-refractivity contribution is 8.45. The number of carbonyl (C=O) groups excluding carboxylic acids is 2. The van der Waals surface area contributed by atoms with Crippen LogP contribution < -0.4 is 5.32 Å². The van der Waals surface area contributed by atoms with Gasteiger partial charge in [0.2, 0.25) is 0 Å². The number of nitriles is 1. The van der Waals surface area contributed by atoms with E-state index in [9.17, 15) is 34.3 Å². The molecule has 8 nitrogen and oxygen atoms in total. The molecule has 2 aliphatic carbocycles. The van der Waals surface area contributed by atoms with E-state index in [1.54, 1.807) is 6.07 Å². The molecule has 0 bridgehead atoms. The Morgan fingerprint density at radius 3 is 2.19 bits per heavy atom. The Hall–Kier alpha value is -2.76. The van der Waals surface area contributed by atoms with Crippen LogP contribution in [0, 0.1) is 11.3 Å². The fraction of sp³-hybridized carbons (Fsp3) is 0.400. The van der Waals surface area contributed by atoms with Crippen molar-refractivity contribution in [1.29, 1.82) is 5.26 Å². The van der Waals surface area contributed by atoms with Gasteiger partial charge in [-0.1, -0.05) is 42.6 Å². The Morgan fingerprint density at radius 1 is 1.19 bits per heavy atom. The molecule has 1 heterocycles. The van der Waals surface area contributed by atoms with Crippen LogP contribution in [0.15, 0.2) is 17.0 Å². The van der Waals surface area contributed by atoms with Crippen molar-refractivity contribution in [3.8, 4) is 11.8 Å². The molecule has 2 aromatic rings. The summed E-state index contributed by atoms with van der Waals surface area (Å²) in [5.41, 5.74) is -2.40. The summed E-state index contributed by atoms with van der Waals surface area (Å²) >= 11 is 11.9. The summed E-state index contributed by atoms with van der Waals surface area (Å²) in [4.78, 5) is 22.8. The smallest absolute Gasteiger partial charge is 0.413 e. The van der Waals surface area contributed by atoms with Crippen molar-refractivity contribution in [2.45, 2.75) is 48.5 Å². The second-order valence-electron chi connectivity index (χ2n) is 8.46. The third kappa shape index (κ3) is 4.67. The summed E-state index contributed by atoms with van der Waals surface area (Å²) in [6, 6.07) is 1.71. The van der Waals surface area contributed by atoms with Gasteiger partial charge in [0.05, 0.1) is 28.1 Å². The van der Waals surface area contributed by atoms with Gasteiger partial charge in [-0.05, 0) is 44.2 Å². The second-order valence-corrected chi connectivity index (χ2v) is 11.7. The molecule has 0 spiro atoms. The first-order valence-electron chi connectivity index (χ1n) is 10.3. The molecule has 2 aliphatic rings. The van der Waals surface area contributed by atoms with Gasteiger partial charge < -0.3 is 9.47 Å². The zero-order valence-electron chi connectivity index (χ0n) is 18.3. The van der Waals surface area contributed by atoms with Crippen molar-refractivity contribution in [2.75, 3.05) is 12.4 Å². The van der Waals surface area contributed by atoms with Crippen molar-refractivity contribution >= 4 is 51.3 Å². The van der Waals surface area contributed by atoms with Crippen LogP contribution >= 0.6 is 33.4 Å². The van der Waals surface area contributed by atoms with Gasteiger partial charge in [-0.2, -0.15) is 10.4 Å². The Labute approximate surface area is 210 Å². The molecule has 1 aromatic heterocycles. The van der Waals surface area contributed by atoms with E-state index >= 15 is 0 Å². The van der Waals surface area contributed by atoms with E-state index in [-0.39, 0.29) is 48.2 Å². The number of halogens is 7. The van der Waals surface area contributed by atoms with Gasteiger partial charge in [0.25, 0.3) is 0 Å². The Kier molecular flexibility index (Phi) is 5.75. The van der Waals surface area contributed by atoms with E-state index < -0.39 is 48.3 Å². The lowest BCUT2D eigenvalue weighted by molar-refractivity contribution is -0.143. The number of ether oxygens (including phenoxy) is 2. The number of aromatic nitrogens is 2. The van der Waals surface area contributed by atoms with Crippen molar-refractivity contribution in [2.24, 2.45) is 0 Å². The van der Waals surface area contributed by atoms with Crippen LogP contribution in [0.5, 0.6) is 0 Å². The summed E-state index contributed by atoms with van der Waals surface area (Å²) in [6.45, 7) is 0. The molecule has 1 N–H and O–H groups in total. The monoisotopic (exact) mass is 574 g/mol. The summed E-state index contributed by atoms with van der Waals surface area (Å²) in [6.07, 6.45) is 1.11. The number of nitrogens with one attached hydrogen (secondary N) is 1. The van der Waals surface area contributed by atoms with Gasteiger partial charge in [0.1, 0.15) is 28.6 Å². The van der Waals surface area contributed by atoms with E-state index in [0.29, 0.717) is 12.8 Å². The molecule has 2 saturated carbocycles. The van der Waals surface area contributed by atoms with Gasteiger partial charge in [0.15, 0.2) is 5.69 Å². The first-order chi connectivity index (χ1) is 16.5. The summed E-state index contributed by atoms with van der Waals surface area (Å²) < 4.78 is 77.6. The zero-order chi connectivity index (χ0) is 26.7. The minimum Gasteiger partial charge on any atom is -0.468 e. The quantitative estimate of drug-likeness (QED) is 0.293. The molecule has 0 atom stereocenters. The van der Waals surface area contributed by atoms with Crippen LogP contribution in [-0.4, -0.2) is 35.1 Å². The standard InChI is InChI=1S/C20H17Cl2F5N4O4S/c1-34-18(32)20(5-6-20)15-14(9-28)30-31(17(15)29-19(33)35-10-3-2-4-10)16-12(21)7-11(8-13(16)22)36(23,24,25,26)27/h7-8,10H,2-6H2,1H3,(H,29,33). The lowest BCUT2D eigenvalue weighted by atomic mass is 9.95. The van der Waals surface area contributed by atoms with Crippen LogP contribution in [0.2, 0.25) is 10.0 Å². The number of hydrogen-bond acceptors (Lipinski definition) is 6. The highest BCUT2D eigenvalue weighted by Crippen LogP contribution is 3.02. The topological polar surface area (TPSA) is 106 Å². The Morgan fingerprint density at radius 2 is 1.78 bits per heavy atom. The molecular formula is C20H17Cl2F5N4O4S. The van der Waals surface area contributed by atoms with Crippen LogP contribution in [0.3, 0.4) is 0 Å². The lowest BCUT2D eigenvalue weighted by Gasteiger charge is -2.40. The molecule has 36 heavy (non-hydrogen) atoms. The van der Waals surface area contributed by atoms with Crippen molar-refractivity contribution in [1.82, 2.24) is 9.78 Å². The number of methoxy groups -OCH3 is 1. The highest BCUT2D eigenvalue weighted by Gasteiger charge is 2.66. The number of nitrogens with zero attached hydrogens (tertiary/aromatic N) is 3. The Bertz CT molecular complexity index is 1310. The minimum atomic E-state index is -10.2.